The fraction of sp³-hybridized carbons (Fsp3) is 0. The first-order valence-electron chi connectivity index (χ1n) is 18.0. The van der Waals surface area contributed by atoms with Crippen molar-refractivity contribution in [1.29, 1.82) is 0 Å². The van der Waals surface area contributed by atoms with Crippen LogP contribution in [0.2, 0.25) is 0 Å². The van der Waals surface area contributed by atoms with Crippen LogP contribution in [0.1, 0.15) is 0 Å². The molecule has 2 aromatic heterocycles. The van der Waals surface area contributed by atoms with Gasteiger partial charge in [0.15, 0.2) is 0 Å². The van der Waals surface area contributed by atoms with E-state index in [0.29, 0.717) is 0 Å². The van der Waals surface area contributed by atoms with Crippen molar-refractivity contribution in [1.82, 2.24) is 9.13 Å². The normalized spacial score (nSPS) is 12.2. The van der Waals surface area contributed by atoms with Gasteiger partial charge in [-0.3, -0.25) is 0 Å². The van der Waals surface area contributed by atoms with E-state index >= 15 is 0 Å². The molecule has 52 heavy (non-hydrogen) atoms. The Balaban J connectivity index is 1.17. The molecular weight excluding hydrogens is 629 g/mol. The van der Waals surface area contributed by atoms with Gasteiger partial charge in [-0.1, -0.05) is 140 Å². The average molecular weight is 659 g/mol. The van der Waals surface area contributed by atoms with Crippen molar-refractivity contribution in [3.8, 4) is 11.4 Å². The quantitative estimate of drug-likeness (QED) is 0.164. The molecule has 12 rings (SSSR count). The molecule has 10 aromatic carbocycles. The van der Waals surface area contributed by atoms with Crippen molar-refractivity contribution in [3.05, 3.63) is 182 Å². The van der Waals surface area contributed by atoms with E-state index in [1.807, 2.05) is 0 Å². The van der Waals surface area contributed by atoms with E-state index in [0.717, 1.165) is 11.4 Å². The zero-order valence-corrected chi connectivity index (χ0v) is 28.2. The molecule has 2 nitrogen and oxygen atoms in total. The van der Waals surface area contributed by atoms with Gasteiger partial charge in [0.25, 0.3) is 0 Å². The van der Waals surface area contributed by atoms with E-state index in [2.05, 4.69) is 191 Å². The molecular formula is C50H30N2. The molecule has 2 heteroatoms. The van der Waals surface area contributed by atoms with Gasteiger partial charge in [-0.15, -0.1) is 0 Å². The third-order valence-electron chi connectivity index (χ3n) is 11.4. The molecule has 0 spiro atoms. The van der Waals surface area contributed by atoms with Crippen LogP contribution in [-0.2, 0) is 0 Å². The largest absolute Gasteiger partial charge is 0.309 e. The number of rotatable bonds is 2. The second-order valence-electron chi connectivity index (χ2n) is 14.0. The van der Waals surface area contributed by atoms with Crippen LogP contribution in [0.25, 0.3) is 109 Å². The molecule has 240 valence electrons. The number of aromatic nitrogens is 2. The van der Waals surface area contributed by atoms with Crippen LogP contribution >= 0.6 is 0 Å². The number of fused-ring (bicyclic) bond motifs is 17. The van der Waals surface area contributed by atoms with Crippen LogP contribution in [0.5, 0.6) is 0 Å². The molecule has 0 atom stereocenters. The number of hydrogen-bond acceptors (Lipinski definition) is 0. The minimum absolute atomic E-state index is 1.15. The Morgan fingerprint density at radius 1 is 0.231 bits per heavy atom. The zero-order valence-electron chi connectivity index (χ0n) is 28.2. The molecule has 0 N–H and O–H groups in total. The fourth-order valence-electron chi connectivity index (χ4n) is 9.29. The van der Waals surface area contributed by atoms with Crippen molar-refractivity contribution in [2.75, 3.05) is 0 Å². The Labute approximate surface area is 299 Å². The van der Waals surface area contributed by atoms with E-state index in [4.69, 9.17) is 0 Å². The summed E-state index contributed by atoms with van der Waals surface area (Å²) < 4.78 is 4.94. The highest BCUT2D eigenvalue weighted by Crippen LogP contribution is 2.45. The van der Waals surface area contributed by atoms with Crippen molar-refractivity contribution < 1.29 is 0 Å². The Hall–Kier alpha value is -6.90. The highest BCUT2D eigenvalue weighted by molar-refractivity contribution is 6.36. The second-order valence-corrected chi connectivity index (χ2v) is 14.0. The molecule has 0 saturated heterocycles. The molecule has 0 aliphatic rings. The predicted octanol–water partition coefficient (Wildman–Crippen LogP) is 13.6. The minimum atomic E-state index is 1.15. The molecule has 0 aliphatic carbocycles. The molecule has 0 bridgehead atoms. The molecule has 0 radical (unpaired) electrons. The van der Waals surface area contributed by atoms with Crippen molar-refractivity contribution in [2.24, 2.45) is 0 Å². The molecule has 12 aromatic rings. The van der Waals surface area contributed by atoms with Crippen LogP contribution in [0.15, 0.2) is 182 Å². The summed E-state index contributed by atoms with van der Waals surface area (Å²) in [6.45, 7) is 0. The number of nitrogens with zero attached hydrogens (tertiary/aromatic N) is 2. The van der Waals surface area contributed by atoms with Crippen molar-refractivity contribution >= 4 is 97.5 Å². The summed E-state index contributed by atoms with van der Waals surface area (Å²) in [6.07, 6.45) is 0. The summed E-state index contributed by atoms with van der Waals surface area (Å²) in [4.78, 5) is 0. The predicted molar refractivity (Wildman–Crippen MR) is 223 cm³/mol. The maximum absolute atomic E-state index is 2.49. The van der Waals surface area contributed by atoms with E-state index < -0.39 is 0 Å². The SMILES string of the molecule is c1ccc2c(c1)ccc1c2c2ccccc2c2c3ccccc3n(-c3ccc(-n4c5ccc6ccccc6c5c5c6ccccc6ccc54)cc3)c12. The van der Waals surface area contributed by atoms with Gasteiger partial charge in [0.2, 0.25) is 0 Å². The minimum Gasteiger partial charge on any atom is -0.309 e. The van der Waals surface area contributed by atoms with Gasteiger partial charge in [0, 0.05) is 38.3 Å². The van der Waals surface area contributed by atoms with Gasteiger partial charge < -0.3 is 9.13 Å². The topological polar surface area (TPSA) is 9.86 Å². The van der Waals surface area contributed by atoms with Gasteiger partial charge in [0.05, 0.1) is 22.1 Å². The van der Waals surface area contributed by atoms with Crippen LogP contribution in [0.3, 0.4) is 0 Å². The monoisotopic (exact) mass is 658 g/mol. The summed E-state index contributed by atoms with van der Waals surface area (Å²) in [5, 5.41) is 18.0. The smallest absolute Gasteiger partial charge is 0.0626 e. The van der Waals surface area contributed by atoms with E-state index in [1.165, 1.54) is 97.5 Å². The van der Waals surface area contributed by atoms with E-state index in [-0.39, 0.29) is 0 Å². The third kappa shape index (κ3) is 3.63. The van der Waals surface area contributed by atoms with E-state index in [1.54, 1.807) is 0 Å². The van der Waals surface area contributed by atoms with Crippen LogP contribution in [0, 0.1) is 0 Å². The fourth-order valence-corrected chi connectivity index (χ4v) is 9.29. The van der Waals surface area contributed by atoms with Crippen LogP contribution in [-0.4, -0.2) is 9.13 Å². The lowest BCUT2D eigenvalue weighted by Crippen LogP contribution is -1.98. The number of para-hydroxylation sites is 1. The summed E-state index contributed by atoms with van der Waals surface area (Å²) in [5.74, 6) is 0. The van der Waals surface area contributed by atoms with E-state index in [9.17, 15) is 0 Å². The lowest BCUT2D eigenvalue weighted by atomic mass is 9.93. The summed E-state index contributed by atoms with van der Waals surface area (Å²) in [5.41, 5.74) is 7.21. The highest BCUT2D eigenvalue weighted by atomic mass is 15.0. The Bertz CT molecular complexity index is 3360. The molecule has 0 aliphatic heterocycles. The van der Waals surface area contributed by atoms with Crippen molar-refractivity contribution in [2.45, 2.75) is 0 Å². The number of hydrogen-bond donors (Lipinski definition) is 0. The zero-order chi connectivity index (χ0) is 33.9. The molecule has 0 unspecified atom stereocenters. The third-order valence-corrected chi connectivity index (χ3v) is 11.4. The Morgan fingerprint density at radius 3 is 1.23 bits per heavy atom. The lowest BCUT2D eigenvalue weighted by Gasteiger charge is -2.15. The molecule has 2 heterocycles. The Morgan fingerprint density at radius 2 is 0.654 bits per heavy atom. The van der Waals surface area contributed by atoms with Crippen LogP contribution < -0.4 is 0 Å². The first-order chi connectivity index (χ1) is 25.8. The average Bonchev–Trinajstić information content (AvgIpc) is 3.75. The standard InChI is InChI=1S/C50H30N2/c1-4-14-36-31(11-1)21-28-42-46(36)39-17-7-8-18-40(39)47-41-19-9-10-20-43(41)52(50(42)47)35-26-24-34(25-27-35)51-44-29-22-32-12-2-5-15-37(32)48(44)49-38-16-6-3-13-33(38)23-30-45(49)51/h1-30H. The second kappa shape index (κ2) is 10.3. The first kappa shape index (κ1) is 27.9. The Kier molecular flexibility index (Phi) is 5.53. The highest BCUT2D eigenvalue weighted by Gasteiger charge is 2.21. The van der Waals surface area contributed by atoms with Gasteiger partial charge in [-0.05, 0) is 90.9 Å². The maximum Gasteiger partial charge on any atom is 0.0626 e. The van der Waals surface area contributed by atoms with Gasteiger partial charge >= 0.3 is 0 Å². The van der Waals surface area contributed by atoms with Gasteiger partial charge in [0.1, 0.15) is 0 Å². The first-order valence-corrected chi connectivity index (χ1v) is 18.0. The van der Waals surface area contributed by atoms with Crippen molar-refractivity contribution in [3.63, 3.8) is 0 Å². The summed E-state index contributed by atoms with van der Waals surface area (Å²) in [6, 6.07) is 67.2. The van der Waals surface area contributed by atoms with Gasteiger partial charge in [-0.2, -0.15) is 0 Å². The summed E-state index contributed by atoms with van der Waals surface area (Å²) >= 11 is 0. The molecule has 0 saturated carbocycles. The van der Waals surface area contributed by atoms with Gasteiger partial charge in [-0.25, -0.2) is 0 Å². The number of benzene rings is 10. The maximum atomic E-state index is 2.49. The summed E-state index contributed by atoms with van der Waals surface area (Å²) in [7, 11) is 0. The molecule has 0 amide bonds. The lowest BCUT2D eigenvalue weighted by molar-refractivity contribution is 1.15. The van der Waals surface area contributed by atoms with Crippen LogP contribution in [0.4, 0.5) is 0 Å². The molecule has 0 fully saturated rings.